The van der Waals surface area contributed by atoms with Crippen LogP contribution in [0, 0.1) is 29.6 Å². The van der Waals surface area contributed by atoms with E-state index in [1.807, 2.05) is 13.8 Å². The predicted octanol–water partition coefficient (Wildman–Crippen LogP) is 9.72. The van der Waals surface area contributed by atoms with Crippen LogP contribution in [0.15, 0.2) is 35.4 Å². The molecule has 0 spiro atoms. The van der Waals surface area contributed by atoms with Crippen LogP contribution in [0.3, 0.4) is 0 Å². The number of rotatable bonds is 5. The highest BCUT2D eigenvalue weighted by Gasteiger charge is 2.45. The van der Waals surface area contributed by atoms with Gasteiger partial charge in [0.05, 0.1) is 12.3 Å². The van der Waals surface area contributed by atoms with Gasteiger partial charge in [0.2, 0.25) is 0 Å². The summed E-state index contributed by atoms with van der Waals surface area (Å²) in [4.78, 5) is 0. The molecule has 0 aromatic rings. The van der Waals surface area contributed by atoms with Gasteiger partial charge >= 0.3 is 6.11 Å². The summed E-state index contributed by atoms with van der Waals surface area (Å²) in [7, 11) is 0. The van der Waals surface area contributed by atoms with Gasteiger partial charge in [-0.25, -0.2) is 13.2 Å². The molecule has 4 aliphatic rings. The van der Waals surface area contributed by atoms with Crippen LogP contribution in [0.4, 0.5) is 22.0 Å². The summed E-state index contributed by atoms with van der Waals surface area (Å²) in [5.74, 6) is -2.48. The third-order valence-corrected chi connectivity index (χ3v) is 8.20. The van der Waals surface area contributed by atoms with E-state index < -0.39 is 41.7 Å². The van der Waals surface area contributed by atoms with Gasteiger partial charge in [0.15, 0.2) is 5.83 Å². The Morgan fingerprint density at radius 2 is 1.15 bits per heavy atom. The van der Waals surface area contributed by atoms with Crippen LogP contribution >= 0.6 is 0 Å². The third kappa shape index (κ3) is 6.85. The van der Waals surface area contributed by atoms with E-state index in [-0.39, 0.29) is 0 Å². The van der Waals surface area contributed by atoms with E-state index in [0.29, 0.717) is 36.8 Å². The van der Waals surface area contributed by atoms with E-state index in [9.17, 15) is 22.0 Å². The first-order valence-electron chi connectivity index (χ1n) is 13.0. The molecule has 0 saturated heterocycles. The molecule has 0 radical (unpaired) electrons. The van der Waals surface area contributed by atoms with Crippen molar-refractivity contribution in [3.05, 3.63) is 35.4 Å². The molecular weight excluding hydrogens is 435 g/mol. The Hall–Kier alpha value is -1.33. The fraction of sp³-hybridized carbons (Fsp3) is 0.778. The Labute approximate surface area is 195 Å². The van der Waals surface area contributed by atoms with Crippen LogP contribution < -0.4 is 0 Å². The Kier molecular flexibility index (Phi) is 9.46. The number of hydrogen-bond donors (Lipinski definition) is 0. The summed E-state index contributed by atoms with van der Waals surface area (Å²) in [6.07, 6.45) is 9.45. The zero-order valence-corrected chi connectivity index (χ0v) is 20.0. The van der Waals surface area contributed by atoms with Gasteiger partial charge in [-0.15, -0.1) is 0 Å². The second-order valence-electron chi connectivity index (χ2n) is 10.1. The van der Waals surface area contributed by atoms with Crippen LogP contribution in [0.25, 0.3) is 0 Å². The molecule has 0 N–H and O–H groups in total. The minimum absolute atomic E-state index is 0.340. The van der Waals surface area contributed by atoms with Crippen molar-refractivity contribution in [3.8, 4) is 0 Å². The van der Waals surface area contributed by atoms with Gasteiger partial charge in [0.25, 0.3) is 0 Å². The molecule has 6 heteroatoms. The summed E-state index contributed by atoms with van der Waals surface area (Å²) in [6, 6.07) is 0. The fourth-order valence-electron chi connectivity index (χ4n) is 6.43. The first-order chi connectivity index (χ1) is 15.8. The van der Waals surface area contributed by atoms with Crippen molar-refractivity contribution < 1.29 is 26.7 Å². The molecule has 33 heavy (non-hydrogen) atoms. The van der Waals surface area contributed by atoms with Crippen molar-refractivity contribution in [2.45, 2.75) is 103 Å². The SMILES string of the molecule is CC.FC1=CC(OC(F)(F)C2CCC(C3CCC(C4CCCC4)CC3)CC2)=CC(F)=C(F)C1. The fourth-order valence-corrected chi connectivity index (χ4v) is 6.43. The summed E-state index contributed by atoms with van der Waals surface area (Å²) in [5.41, 5.74) is 0. The lowest BCUT2D eigenvalue weighted by Gasteiger charge is -2.40. The van der Waals surface area contributed by atoms with Crippen molar-refractivity contribution in [2.75, 3.05) is 0 Å². The average molecular weight is 475 g/mol. The number of ether oxygens (including phenoxy) is 1. The molecule has 0 aromatic heterocycles. The van der Waals surface area contributed by atoms with Crippen molar-refractivity contribution in [2.24, 2.45) is 29.6 Å². The standard InChI is InChI=1S/C25H33F5O.C2H6/c26-21-13-22(15-24(28)23(27)14-21)31-25(29,30)20-11-9-19(10-12-20)18-7-5-17(6-8-18)16-3-1-2-4-16;1-2/h13,15-20H,1-12,14H2;1-2H3. The van der Waals surface area contributed by atoms with Crippen molar-refractivity contribution >= 4 is 0 Å². The second kappa shape index (κ2) is 11.9. The minimum Gasteiger partial charge on any atom is -0.432 e. The monoisotopic (exact) mass is 474 g/mol. The Morgan fingerprint density at radius 1 is 0.697 bits per heavy atom. The van der Waals surface area contributed by atoms with Gasteiger partial charge < -0.3 is 4.74 Å². The van der Waals surface area contributed by atoms with E-state index >= 15 is 0 Å². The molecule has 0 atom stereocenters. The molecule has 0 unspecified atom stereocenters. The van der Waals surface area contributed by atoms with Gasteiger partial charge in [0.1, 0.15) is 17.4 Å². The Balaban J connectivity index is 0.00000149. The van der Waals surface area contributed by atoms with Gasteiger partial charge in [-0.05, 0) is 75.0 Å². The predicted molar refractivity (Wildman–Crippen MR) is 121 cm³/mol. The van der Waals surface area contributed by atoms with E-state index in [2.05, 4.69) is 0 Å². The van der Waals surface area contributed by atoms with E-state index in [1.165, 1.54) is 51.4 Å². The third-order valence-electron chi connectivity index (χ3n) is 8.20. The minimum atomic E-state index is -3.53. The van der Waals surface area contributed by atoms with Crippen molar-refractivity contribution in [1.29, 1.82) is 0 Å². The molecule has 0 heterocycles. The van der Waals surface area contributed by atoms with Gasteiger partial charge in [-0.2, -0.15) is 8.78 Å². The van der Waals surface area contributed by atoms with Crippen LogP contribution in [-0.4, -0.2) is 6.11 Å². The zero-order valence-electron chi connectivity index (χ0n) is 20.0. The van der Waals surface area contributed by atoms with E-state index in [1.54, 1.807) is 0 Å². The molecule has 1 nitrogen and oxygen atoms in total. The van der Waals surface area contributed by atoms with Crippen LogP contribution in [0.1, 0.15) is 97.3 Å². The van der Waals surface area contributed by atoms with Gasteiger partial charge in [0, 0.05) is 12.2 Å². The Morgan fingerprint density at radius 3 is 1.67 bits per heavy atom. The van der Waals surface area contributed by atoms with Crippen molar-refractivity contribution in [3.63, 3.8) is 0 Å². The highest BCUT2D eigenvalue weighted by Crippen LogP contribution is 2.48. The van der Waals surface area contributed by atoms with Crippen LogP contribution in [0.5, 0.6) is 0 Å². The van der Waals surface area contributed by atoms with Gasteiger partial charge in [-0.3, -0.25) is 0 Å². The first-order valence-corrected chi connectivity index (χ1v) is 13.0. The lowest BCUT2D eigenvalue weighted by molar-refractivity contribution is -0.254. The highest BCUT2D eigenvalue weighted by atomic mass is 19.3. The molecule has 0 aromatic carbocycles. The second-order valence-corrected chi connectivity index (χ2v) is 10.1. The first kappa shape index (κ1) is 26.3. The van der Waals surface area contributed by atoms with Crippen LogP contribution in [-0.2, 0) is 4.74 Å². The smallest absolute Gasteiger partial charge is 0.400 e. The molecule has 4 aliphatic carbocycles. The zero-order chi connectivity index (χ0) is 24.0. The number of alkyl halides is 2. The average Bonchev–Trinajstić information content (AvgIpc) is 3.31. The number of halogens is 5. The molecule has 3 saturated carbocycles. The molecule has 0 amide bonds. The quantitative estimate of drug-likeness (QED) is 0.360. The lowest BCUT2D eigenvalue weighted by atomic mass is 9.67. The molecule has 4 rings (SSSR count). The molecule has 3 fully saturated rings. The topological polar surface area (TPSA) is 9.23 Å². The highest BCUT2D eigenvalue weighted by molar-refractivity contribution is 5.31. The number of hydrogen-bond acceptors (Lipinski definition) is 1. The molecule has 0 bridgehead atoms. The van der Waals surface area contributed by atoms with Gasteiger partial charge in [-0.1, -0.05) is 39.5 Å². The van der Waals surface area contributed by atoms with E-state index in [0.717, 1.165) is 24.7 Å². The summed E-state index contributed by atoms with van der Waals surface area (Å²) in [6.45, 7) is 4.00. The lowest BCUT2D eigenvalue weighted by Crippen LogP contribution is -2.36. The van der Waals surface area contributed by atoms with E-state index in [4.69, 9.17) is 4.74 Å². The van der Waals surface area contributed by atoms with Crippen molar-refractivity contribution in [1.82, 2.24) is 0 Å². The maximum atomic E-state index is 14.7. The summed E-state index contributed by atoms with van der Waals surface area (Å²) >= 11 is 0. The number of allylic oxidation sites excluding steroid dienone is 5. The maximum Gasteiger partial charge on any atom is 0.400 e. The molecule has 188 valence electrons. The normalized spacial score (nSPS) is 31.8. The largest absolute Gasteiger partial charge is 0.432 e. The summed E-state index contributed by atoms with van der Waals surface area (Å²) in [5, 5.41) is 0. The Bertz CT molecular complexity index is 719. The summed E-state index contributed by atoms with van der Waals surface area (Å²) < 4.78 is 74.6. The maximum absolute atomic E-state index is 14.7. The molecule has 0 aliphatic heterocycles. The van der Waals surface area contributed by atoms with Crippen LogP contribution in [0.2, 0.25) is 0 Å². The molecular formula is C27H39F5O.